The van der Waals surface area contributed by atoms with Gasteiger partial charge in [-0.1, -0.05) is 0 Å². The minimum absolute atomic E-state index is 0. The summed E-state index contributed by atoms with van der Waals surface area (Å²) in [6, 6.07) is 0. The molecule has 76 valence electrons. The van der Waals surface area contributed by atoms with Crippen molar-refractivity contribution in [3.05, 3.63) is 18.7 Å². The predicted molar refractivity (Wildman–Crippen MR) is 43.2 cm³/mol. The molecule has 0 aliphatic heterocycles. The molecule has 0 radical (unpaired) electrons. The van der Waals surface area contributed by atoms with Crippen LogP contribution in [0.1, 0.15) is 6.92 Å². The summed E-state index contributed by atoms with van der Waals surface area (Å²) >= 11 is 0. The van der Waals surface area contributed by atoms with Gasteiger partial charge in [-0.2, -0.15) is 0 Å². The molecule has 1 atom stereocenters. The summed E-state index contributed by atoms with van der Waals surface area (Å²) in [6.07, 6.45) is 5.70. The first kappa shape index (κ1) is 12.1. The molecule has 0 saturated carbocycles. The summed E-state index contributed by atoms with van der Waals surface area (Å²) in [7, 11) is 3.59. The molecule has 0 amide bonds. The number of aromatic nitrogens is 2. The van der Waals surface area contributed by atoms with Gasteiger partial charge < -0.3 is 14.2 Å². The minimum atomic E-state index is -0.155. The van der Waals surface area contributed by atoms with Crippen LogP contribution in [0, 0.1) is 0 Å². The number of nitrogens with zero attached hydrogens (tertiary/aromatic N) is 2. The van der Waals surface area contributed by atoms with Gasteiger partial charge in [0.2, 0.25) is 6.33 Å². The van der Waals surface area contributed by atoms with Crippen molar-refractivity contribution in [3.63, 3.8) is 0 Å². The Morgan fingerprint density at radius 1 is 1.54 bits per heavy atom. The Morgan fingerprint density at radius 2 is 2.23 bits per heavy atom. The molecule has 1 heterocycles. The van der Waals surface area contributed by atoms with Crippen molar-refractivity contribution in [2.75, 3.05) is 7.11 Å². The molecule has 0 fully saturated rings. The van der Waals surface area contributed by atoms with Gasteiger partial charge in [-0.3, -0.25) is 0 Å². The van der Waals surface area contributed by atoms with Gasteiger partial charge in [0.1, 0.15) is 12.4 Å². The van der Waals surface area contributed by atoms with Crippen LogP contribution in [0.4, 0.5) is 0 Å². The fourth-order valence-corrected chi connectivity index (χ4v) is 0.837. The zero-order chi connectivity index (χ0) is 8.97. The van der Waals surface area contributed by atoms with Gasteiger partial charge in [-0.05, 0) is 6.92 Å². The summed E-state index contributed by atoms with van der Waals surface area (Å²) in [6.45, 7) is 2.39. The summed E-state index contributed by atoms with van der Waals surface area (Å²) in [4.78, 5) is 0. The zero-order valence-electron chi connectivity index (χ0n) is 8.11. The second kappa shape index (κ2) is 5.66. The quantitative estimate of drug-likeness (QED) is 0.381. The normalized spacial score (nSPS) is 12.2. The third kappa shape index (κ3) is 4.00. The van der Waals surface area contributed by atoms with Crippen molar-refractivity contribution < 1.29 is 18.7 Å². The van der Waals surface area contributed by atoms with Crippen LogP contribution in [-0.4, -0.2) is 18.0 Å². The molecule has 13 heavy (non-hydrogen) atoms. The van der Waals surface area contributed by atoms with Crippen molar-refractivity contribution in [1.29, 1.82) is 0 Å². The highest BCUT2D eigenvalue weighted by molar-refractivity contribution is 4.63. The number of hydrogen-bond donors (Lipinski definition) is 0. The molecule has 4 nitrogen and oxygen atoms in total. The second-order valence-corrected chi connectivity index (χ2v) is 2.69. The van der Waals surface area contributed by atoms with Crippen molar-refractivity contribution in [2.45, 2.75) is 19.9 Å². The first-order valence-electron chi connectivity index (χ1n) is 3.88. The van der Waals surface area contributed by atoms with Crippen LogP contribution in [0.25, 0.3) is 0 Å². The molecule has 0 saturated heterocycles. The van der Waals surface area contributed by atoms with Crippen LogP contribution < -0.4 is 9.27 Å². The van der Waals surface area contributed by atoms with Gasteiger partial charge in [0.15, 0.2) is 13.0 Å². The number of methoxy groups -OCH3 is 1. The van der Waals surface area contributed by atoms with Crippen LogP contribution in [-0.2, 0) is 23.3 Å². The largest absolute Gasteiger partial charge is 1.00 e. The highest BCUT2D eigenvalue weighted by Crippen LogP contribution is 1.93. The van der Waals surface area contributed by atoms with E-state index in [1.54, 1.807) is 7.11 Å². The fraction of sp³-hybridized carbons (Fsp3) is 0.625. The summed E-state index contributed by atoms with van der Waals surface area (Å²) < 4.78 is 14.2. The molecule has 0 N–H and O–H groups in total. The lowest BCUT2D eigenvalue weighted by atomic mass is 10.7. The summed E-state index contributed by atoms with van der Waals surface area (Å²) in [5, 5.41) is 0. The highest BCUT2D eigenvalue weighted by atomic mass is 19.0. The van der Waals surface area contributed by atoms with Gasteiger partial charge in [0, 0.05) is 7.11 Å². The Labute approximate surface area is 77.1 Å². The first-order valence-corrected chi connectivity index (χ1v) is 3.88. The van der Waals surface area contributed by atoms with E-state index in [0.29, 0.717) is 6.73 Å². The molecule has 1 aromatic heterocycles. The molecule has 0 bridgehead atoms. The van der Waals surface area contributed by atoms with Crippen molar-refractivity contribution in [3.8, 4) is 0 Å². The lowest BCUT2D eigenvalue weighted by Crippen LogP contribution is -3.00. The van der Waals surface area contributed by atoms with E-state index in [0.717, 1.165) is 0 Å². The minimum Gasteiger partial charge on any atom is -1.00 e. The van der Waals surface area contributed by atoms with Crippen LogP contribution in [0.5, 0.6) is 0 Å². The average molecular weight is 190 g/mol. The Morgan fingerprint density at radius 3 is 2.69 bits per heavy atom. The Kier molecular flexibility index (Phi) is 5.25. The van der Waals surface area contributed by atoms with E-state index < -0.39 is 0 Å². The molecular formula is C8H15FN2O2. The zero-order valence-corrected chi connectivity index (χ0v) is 8.11. The van der Waals surface area contributed by atoms with Gasteiger partial charge >= 0.3 is 0 Å². The predicted octanol–water partition coefficient (Wildman–Crippen LogP) is -2.72. The van der Waals surface area contributed by atoms with Crippen LogP contribution in [0.3, 0.4) is 0 Å². The Balaban J connectivity index is 0.00000144. The summed E-state index contributed by atoms with van der Waals surface area (Å²) in [5.41, 5.74) is 0. The first-order chi connectivity index (χ1) is 5.72. The van der Waals surface area contributed by atoms with E-state index in [1.165, 1.54) is 0 Å². The van der Waals surface area contributed by atoms with Gasteiger partial charge in [-0.25, -0.2) is 9.13 Å². The monoisotopic (exact) mass is 190 g/mol. The fourth-order valence-electron chi connectivity index (χ4n) is 0.837. The molecule has 1 rings (SSSR count). The lowest BCUT2D eigenvalue weighted by Gasteiger charge is -2.07. The molecule has 1 unspecified atom stereocenters. The molecule has 0 aromatic carbocycles. The maximum Gasteiger partial charge on any atom is 0.245 e. The van der Waals surface area contributed by atoms with E-state index in [9.17, 15) is 0 Å². The standard InChI is InChI=1S/C8H15N2O2.FH/c1-8(11-3)12-7-10-5-4-9(2)6-10;/h4-6,8H,7H2,1-3H3;1H/q+1;/p-1. The van der Waals surface area contributed by atoms with Crippen molar-refractivity contribution in [2.24, 2.45) is 7.05 Å². The Hall–Kier alpha value is -0.940. The Bertz CT molecular complexity index is 240. The van der Waals surface area contributed by atoms with Crippen LogP contribution >= 0.6 is 0 Å². The molecule has 0 aliphatic rings. The van der Waals surface area contributed by atoms with Gasteiger partial charge in [0.05, 0.1) is 7.05 Å². The molecule has 1 aromatic rings. The van der Waals surface area contributed by atoms with Crippen molar-refractivity contribution in [1.82, 2.24) is 4.57 Å². The average Bonchev–Trinajstić information content (AvgIpc) is 2.47. The SMILES string of the molecule is COC(C)OCn1cc[n+](C)c1.[F-]. The summed E-state index contributed by atoms with van der Waals surface area (Å²) in [5.74, 6) is 0. The van der Waals surface area contributed by atoms with Crippen LogP contribution in [0.2, 0.25) is 0 Å². The smallest absolute Gasteiger partial charge is 0.245 e. The topological polar surface area (TPSA) is 27.3 Å². The number of halogens is 1. The van der Waals surface area contributed by atoms with E-state index in [1.807, 2.05) is 41.8 Å². The van der Waals surface area contributed by atoms with E-state index in [4.69, 9.17) is 9.47 Å². The number of ether oxygens (including phenoxy) is 2. The van der Waals surface area contributed by atoms with E-state index >= 15 is 0 Å². The number of aryl methyl sites for hydroxylation is 1. The third-order valence-corrected chi connectivity index (χ3v) is 1.61. The molecule has 0 aliphatic carbocycles. The molecule has 5 heteroatoms. The molecule has 0 spiro atoms. The highest BCUT2D eigenvalue weighted by Gasteiger charge is 2.02. The maximum absolute atomic E-state index is 5.32. The van der Waals surface area contributed by atoms with Crippen LogP contribution in [0.15, 0.2) is 18.7 Å². The van der Waals surface area contributed by atoms with Crippen molar-refractivity contribution >= 4 is 0 Å². The van der Waals surface area contributed by atoms with Gasteiger partial charge in [0.25, 0.3) is 0 Å². The number of hydrogen-bond acceptors (Lipinski definition) is 2. The lowest BCUT2D eigenvalue weighted by molar-refractivity contribution is -0.671. The van der Waals surface area contributed by atoms with Gasteiger partial charge in [-0.15, -0.1) is 0 Å². The van der Waals surface area contributed by atoms with E-state index in [-0.39, 0.29) is 11.0 Å². The molecular weight excluding hydrogens is 175 g/mol. The number of imidazole rings is 1. The number of rotatable bonds is 4. The maximum atomic E-state index is 5.32. The third-order valence-electron chi connectivity index (χ3n) is 1.61. The van der Waals surface area contributed by atoms with E-state index in [2.05, 4.69) is 0 Å². The second-order valence-electron chi connectivity index (χ2n) is 2.69.